The van der Waals surface area contributed by atoms with E-state index in [4.69, 9.17) is 9.97 Å². The molecule has 5 rings (SSSR count). The third-order valence-corrected chi connectivity index (χ3v) is 6.01. The minimum Gasteiger partial charge on any atom is -0.493 e. The van der Waals surface area contributed by atoms with Crippen molar-refractivity contribution in [3.8, 4) is 17.1 Å². The number of aromatic hydroxyl groups is 1. The Hall–Kier alpha value is -4.64. The van der Waals surface area contributed by atoms with Crippen molar-refractivity contribution >= 4 is 23.5 Å². The predicted molar refractivity (Wildman–Crippen MR) is 148 cm³/mol. The number of hydrogen-bond donors (Lipinski definition) is 1. The molecule has 0 bridgehead atoms. The SMILES string of the molecule is CN(C)c1ccc(/C=C/C=C/c2cn3c(O)c(Cc4ccccc4)nc3c(-c3ccccc3)n2)cc1. The van der Waals surface area contributed by atoms with Crippen molar-refractivity contribution in [2.45, 2.75) is 6.42 Å². The summed E-state index contributed by atoms with van der Waals surface area (Å²) >= 11 is 0. The maximum Gasteiger partial charge on any atom is 0.219 e. The van der Waals surface area contributed by atoms with Gasteiger partial charge in [-0.25, -0.2) is 9.97 Å². The van der Waals surface area contributed by atoms with Crippen LogP contribution in [0.5, 0.6) is 5.88 Å². The number of hydrogen-bond acceptors (Lipinski definition) is 4. The number of anilines is 1. The molecule has 3 aromatic carbocycles. The second-order valence-corrected chi connectivity index (χ2v) is 8.82. The summed E-state index contributed by atoms with van der Waals surface area (Å²) < 4.78 is 1.73. The van der Waals surface area contributed by atoms with E-state index in [0.717, 1.165) is 28.1 Å². The molecule has 5 nitrogen and oxygen atoms in total. The molecule has 0 saturated carbocycles. The summed E-state index contributed by atoms with van der Waals surface area (Å²) in [6.45, 7) is 0. The molecule has 0 fully saturated rings. The number of benzene rings is 3. The van der Waals surface area contributed by atoms with E-state index in [-0.39, 0.29) is 5.88 Å². The van der Waals surface area contributed by atoms with Crippen LogP contribution in [-0.4, -0.2) is 33.6 Å². The lowest BCUT2D eigenvalue weighted by molar-refractivity contribution is 0.442. The van der Waals surface area contributed by atoms with Gasteiger partial charge in [0, 0.05) is 38.0 Å². The van der Waals surface area contributed by atoms with Gasteiger partial charge >= 0.3 is 0 Å². The summed E-state index contributed by atoms with van der Waals surface area (Å²) in [5.74, 6) is 0.139. The molecule has 0 atom stereocenters. The maximum atomic E-state index is 11.1. The van der Waals surface area contributed by atoms with Gasteiger partial charge in [0.05, 0.1) is 5.69 Å². The third kappa shape index (κ3) is 5.05. The van der Waals surface area contributed by atoms with E-state index < -0.39 is 0 Å². The molecule has 178 valence electrons. The summed E-state index contributed by atoms with van der Waals surface area (Å²) in [6.07, 6.45) is 10.3. The first kappa shape index (κ1) is 23.1. The minimum absolute atomic E-state index is 0.139. The van der Waals surface area contributed by atoms with Crippen LogP contribution in [0.15, 0.2) is 103 Å². The molecule has 2 heterocycles. The molecular formula is C31H28N4O. The van der Waals surface area contributed by atoms with Gasteiger partial charge in [-0.3, -0.25) is 4.40 Å². The Morgan fingerprint density at radius 3 is 2.17 bits per heavy atom. The standard InChI is InChI=1S/C31H28N4O/c1-34(2)27-19-17-23(18-20-27)11-9-10-16-26-22-35-30(29(32-26)25-14-7-4-8-15-25)33-28(31(35)36)21-24-12-5-3-6-13-24/h3-20,22,36H,21H2,1-2H3/b11-9+,16-10+. The molecule has 5 heteroatoms. The Morgan fingerprint density at radius 2 is 1.47 bits per heavy atom. The van der Waals surface area contributed by atoms with Crippen molar-refractivity contribution < 1.29 is 5.11 Å². The summed E-state index contributed by atoms with van der Waals surface area (Å²) in [7, 11) is 4.06. The van der Waals surface area contributed by atoms with Crippen molar-refractivity contribution in [1.29, 1.82) is 0 Å². The fraction of sp³-hybridized carbons (Fsp3) is 0.0968. The predicted octanol–water partition coefficient (Wildman–Crippen LogP) is 6.49. The number of rotatable bonds is 7. The number of nitrogens with zero attached hydrogens (tertiary/aromatic N) is 4. The summed E-state index contributed by atoms with van der Waals surface area (Å²) in [6, 6.07) is 28.4. The molecule has 0 aliphatic rings. The van der Waals surface area contributed by atoms with E-state index in [1.54, 1.807) is 4.40 Å². The van der Waals surface area contributed by atoms with Crippen LogP contribution in [0.3, 0.4) is 0 Å². The second-order valence-electron chi connectivity index (χ2n) is 8.82. The number of allylic oxidation sites excluding steroid dienone is 2. The molecule has 0 spiro atoms. The Bertz CT molecular complexity index is 1520. The lowest BCUT2D eigenvalue weighted by atomic mass is 10.1. The molecule has 1 N–H and O–H groups in total. The van der Waals surface area contributed by atoms with Crippen LogP contribution in [0, 0.1) is 0 Å². The molecular weight excluding hydrogens is 444 g/mol. The smallest absolute Gasteiger partial charge is 0.219 e. The van der Waals surface area contributed by atoms with Gasteiger partial charge in [-0.2, -0.15) is 0 Å². The minimum atomic E-state index is 0.139. The number of fused-ring (bicyclic) bond motifs is 1. The zero-order valence-corrected chi connectivity index (χ0v) is 20.4. The lowest BCUT2D eigenvalue weighted by Gasteiger charge is -2.11. The fourth-order valence-corrected chi connectivity index (χ4v) is 4.08. The van der Waals surface area contributed by atoms with E-state index in [2.05, 4.69) is 35.2 Å². The van der Waals surface area contributed by atoms with E-state index in [1.807, 2.05) is 99.2 Å². The summed E-state index contributed by atoms with van der Waals surface area (Å²) in [4.78, 5) is 11.8. The Morgan fingerprint density at radius 1 is 0.806 bits per heavy atom. The van der Waals surface area contributed by atoms with Crippen LogP contribution >= 0.6 is 0 Å². The van der Waals surface area contributed by atoms with Crippen LogP contribution in [0.2, 0.25) is 0 Å². The van der Waals surface area contributed by atoms with Crippen molar-refractivity contribution in [2.24, 2.45) is 0 Å². The second kappa shape index (κ2) is 10.3. The van der Waals surface area contributed by atoms with Gasteiger partial charge in [-0.15, -0.1) is 0 Å². The van der Waals surface area contributed by atoms with Crippen molar-refractivity contribution in [3.05, 3.63) is 126 Å². The van der Waals surface area contributed by atoms with Crippen LogP contribution in [-0.2, 0) is 6.42 Å². The van der Waals surface area contributed by atoms with E-state index in [1.165, 1.54) is 5.69 Å². The van der Waals surface area contributed by atoms with Crippen molar-refractivity contribution in [3.63, 3.8) is 0 Å². The molecule has 0 saturated heterocycles. The average molecular weight is 473 g/mol. The van der Waals surface area contributed by atoms with Crippen LogP contribution < -0.4 is 4.90 Å². The Kier molecular flexibility index (Phi) is 6.63. The molecule has 2 aromatic heterocycles. The zero-order chi connectivity index (χ0) is 24.9. The normalized spacial score (nSPS) is 11.6. The zero-order valence-electron chi connectivity index (χ0n) is 20.4. The van der Waals surface area contributed by atoms with Gasteiger partial charge in [0.25, 0.3) is 0 Å². The largest absolute Gasteiger partial charge is 0.493 e. The maximum absolute atomic E-state index is 11.1. The van der Waals surface area contributed by atoms with Gasteiger partial charge in [0.15, 0.2) is 5.65 Å². The highest BCUT2D eigenvalue weighted by Crippen LogP contribution is 2.29. The first-order chi connectivity index (χ1) is 17.6. The quantitative estimate of drug-likeness (QED) is 0.275. The van der Waals surface area contributed by atoms with Crippen molar-refractivity contribution in [1.82, 2.24) is 14.4 Å². The van der Waals surface area contributed by atoms with E-state index >= 15 is 0 Å². The van der Waals surface area contributed by atoms with Gasteiger partial charge < -0.3 is 10.0 Å². The summed E-state index contributed by atoms with van der Waals surface area (Å²) in [5.41, 5.74) is 7.06. The molecule has 5 aromatic rings. The average Bonchev–Trinajstić information content (AvgIpc) is 3.22. The highest BCUT2D eigenvalue weighted by atomic mass is 16.3. The van der Waals surface area contributed by atoms with Gasteiger partial charge in [-0.1, -0.05) is 91.0 Å². The van der Waals surface area contributed by atoms with Crippen molar-refractivity contribution in [2.75, 3.05) is 19.0 Å². The number of aromatic nitrogens is 3. The Labute approximate surface area is 211 Å². The Balaban J connectivity index is 1.49. The first-order valence-corrected chi connectivity index (χ1v) is 11.9. The molecule has 0 aliphatic heterocycles. The molecule has 0 unspecified atom stereocenters. The van der Waals surface area contributed by atoms with Gasteiger partial charge in [-0.05, 0) is 29.3 Å². The summed E-state index contributed by atoms with van der Waals surface area (Å²) in [5, 5.41) is 11.1. The van der Waals surface area contributed by atoms with Gasteiger partial charge in [0.1, 0.15) is 11.4 Å². The topological polar surface area (TPSA) is 53.7 Å². The van der Waals surface area contributed by atoms with Crippen LogP contribution in [0.25, 0.3) is 29.1 Å². The van der Waals surface area contributed by atoms with E-state index in [0.29, 0.717) is 17.8 Å². The molecule has 36 heavy (non-hydrogen) atoms. The highest BCUT2D eigenvalue weighted by molar-refractivity contribution is 5.76. The molecule has 0 amide bonds. The first-order valence-electron chi connectivity index (χ1n) is 11.9. The third-order valence-electron chi connectivity index (χ3n) is 6.01. The fourth-order valence-electron chi connectivity index (χ4n) is 4.08. The molecule has 0 aliphatic carbocycles. The molecule has 0 radical (unpaired) electrons. The van der Waals surface area contributed by atoms with Crippen LogP contribution in [0.4, 0.5) is 5.69 Å². The van der Waals surface area contributed by atoms with Crippen LogP contribution in [0.1, 0.15) is 22.5 Å². The van der Waals surface area contributed by atoms with E-state index in [9.17, 15) is 5.11 Å². The highest BCUT2D eigenvalue weighted by Gasteiger charge is 2.17. The monoisotopic (exact) mass is 472 g/mol. The number of imidazole rings is 1. The van der Waals surface area contributed by atoms with Gasteiger partial charge in [0.2, 0.25) is 5.88 Å². The lowest BCUT2D eigenvalue weighted by Crippen LogP contribution is -2.07.